The summed E-state index contributed by atoms with van der Waals surface area (Å²) < 4.78 is 26.4. The first-order valence-corrected chi connectivity index (χ1v) is 12.1. The van der Waals surface area contributed by atoms with Gasteiger partial charge < -0.3 is 10.2 Å². The molecular weight excluding hydrogens is 414 g/mol. The summed E-state index contributed by atoms with van der Waals surface area (Å²) in [6.45, 7) is 7.10. The largest absolute Gasteiger partial charge is 0.352 e. The fourth-order valence-corrected chi connectivity index (χ4v) is 6.30. The van der Waals surface area contributed by atoms with Crippen molar-refractivity contribution < 1.29 is 22.8 Å². The molecule has 0 bridgehead atoms. The second kappa shape index (κ2) is 7.98. The molecule has 0 saturated carbocycles. The molecule has 8 nitrogen and oxygen atoms in total. The van der Waals surface area contributed by atoms with E-state index in [0.29, 0.717) is 11.6 Å². The van der Waals surface area contributed by atoms with E-state index in [1.807, 2.05) is 13.8 Å². The highest BCUT2D eigenvalue weighted by Crippen LogP contribution is 2.33. The van der Waals surface area contributed by atoms with Crippen molar-refractivity contribution in [2.45, 2.75) is 57.1 Å². The van der Waals surface area contributed by atoms with Crippen LogP contribution in [0.25, 0.3) is 0 Å². The maximum atomic E-state index is 13.1. The Morgan fingerprint density at radius 1 is 1.28 bits per heavy atom. The third-order valence-corrected chi connectivity index (χ3v) is 8.12. The van der Waals surface area contributed by atoms with Crippen LogP contribution in [-0.4, -0.2) is 65.1 Å². The summed E-state index contributed by atoms with van der Waals surface area (Å²) in [5.41, 5.74) is 0.215. The van der Waals surface area contributed by atoms with Crippen molar-refractivity contribution in [3.8, 4) is 0 Å². The topological polar surface area (TPSA) is 104 Å². The van der Waals surface area contributed by atoms with Gasteiger partial charge in [0.15, 0.2) is 0 Å². The molecule has 2 unspecified atom stereocenters. The number of amides is 3. The lowest BCUT2D eigenvalue weighted by Crippen LogP contribution is -2.49. The SMILES string of the molecule is CCC(C)NC(=O)C1CSCN1C(=O)c1ccc2c(c1)S(=O)(=O)N(C(C)C)C2=O. The molecule has 10 heteroatoms. The third kappa shape index (κ3) is 3.75. The van der Waals surface area contributed by atoms with E-state index in [0.717, 1.165) is 10.7 Å². The van der Waals surface area contributed by atoms with Crippen molar-refractivity contribution in [1.82, 2.24) is 14.5 Å². The molecule has 1 aromatic carbocycles. The summed E-state index contributed by atoms with van der Waals surface area (Å²) in [6.07, 6.45) is 0.780. The summed E-state index contributed by atoms with van der Waals surface area (Å²) in [4.78, 5) is 39.4. The van der Waals surface area contributed by atoms with Crippen LogP contribution >= 0.6 is 11.8 Å². The number of benzene rings is 1. The van der Waals surface area contributed by atoms with Crippen molar-refractivity contribution >= 4 is 39.5 Å². The molecule has 0 radical (unpaired) electrons. The van der Waals surface area contributed by atoms with Crippen molar-refractivity contribution in [2.24, 2.45) is 0 Å². The van der Waals surface area contributed by atoms with E-state index in [4.69, 9.17) is 0 Å². The Balaban J connectivity index is 1.89. The smallest absolute Gasteiger partial charge is 0.269 e. The Morgan fingerprint density at radius 2 is 1.97 bits per heavy atom. The maximum Gasteiger partial charge on any atom is 0.269 e. The summed E-state index contributed by atoms with van der Waals surface area (Å²) in [7, 11) is -3.99. The zero-order valence-corrected chi connectivity index (χ0v) is 18.5. The molecule has 1 N–H and O–H groups in total. The Kier molecular flexibility index (Phi) is 5.96. The number of hydrogen-bond acceptors (Lipinski definition) is 6. The molecule has 3 amide bonds. The highest BCUT2D eigenvalue weighted by atomic mass is 32.2. The van der Waals surface area contributed by atoms with Gasteiger partial charge in [0.2, 0.25) is 5.91 Å². The normalized spacial score (nSPS) is 21.4. The van der Waals surface area contributed by atoms with E-state index >= 15 is 0 Å². The van der Waals surface area contributed by atoms with Crippen LogP contribution in [0.3, 0.4) is 0 Å². The molecule has 0 aliphatic carbocycles. The van der Waals surface area contributed by atoms with Crippen LogP contribution in [0.2, 0.25) is 0 Å². The number of fused-ring (bicyclic) bond motifs is 1. The third-order valence-electron chi connectivity index (χ3n) is 5.11. The molecule has 158 valence electrons. The van der Waals surface area contributed by atoms with Crippen molar-refractivity contribution in [3.63, 3.8) is 0 Å². The van der Waals surface area contributed by atoms with Crippen LogP contribution in [0.4, 0.5) is 0 Å². The molecule has 1 aromatic rings. The van der Waals surface area contributed by atoms with E-state index in [9.17, 15) is 22.8 Å². The Morgan fingerprint density at radius 3 is 2.59 bits per heavy atom. The predicted octanol–water partition coefficient (Wildman–Crippen LogP) is 1.67. The zero-order chi connectivity index (χ0) is 21.5. The quantitative estimate of drug-likeness (QED) is 0.748. The average Bonchev–Trinajstić information content (AvgIpc) is 3.22. The van der Waals surface area contributed by atoms with Crippen molar-refractivity contribution in [3.05, 3.63) is 29.3 Å². The summed E-state index contributed by atoms with van der Waals surface area (Å²) in [5, 5.41) is 2.89. The minimum atomic E-state index is -3.99. The van der Waals surface area contributed by atoms with Gasteiger partial charge in [-0.3, -0.25) is 14.4 Å². The predicted molar refractivity (Wildman–Crippen MR) is 110 cm³/mol. The highest BCUT2D eigenvalue weighted by Gasteiger charge is 2.43. The number of sulfonamides is 1. The molecule has 2 heterocycles. The molecule has 2 aliphatic rings. The Labute approximate surface area is 175 Å². The number of nitrogens with one attached hydrogen (secondary N) is 1. The summed E-state index contributed by atoms with van der Waals surface area (Å²) >= 11 is 1.47. The first-order valence-electron chi connectivity index (χ1n) is 9.51. The van der Waals surface area contributed by atoms with Crippen LogP contribution in [0.5, 0.6) is 0 Å². The molecule has 1 fully saturated rings. The van der Waals surface area contributed by atoms with Gasteiger partial charge in [0.1, 0.15) is 10.9 Å². The van der Waals surface area contributed by atoms with Gasteiger partial charge in [0, 0.05) is 23.4 Å². The maximum absolute atomic E-state index is 13.1. The molecular formula is C19H25N3O5S2. The van der Waals surface area contributed by atoms with Gasteiger partial charge >= 0.3 is 0 Å². The van der Waals surface area contributed by atoms with Crippen LogP contribution in [0.15, 0.2) is 23.1 Å². The molecule has 0 aromatic heterocycles. The van der Waals surface area contributed by atoms with Crippen molar-refractivity contribution in [1.29, 1.82) is 0 Å². The second-order valence-corrected chi connectivity index (χ2v) is 10.3. The van der Waals surface area contributed by atoms with Gasteiger partial charge in [-0.25, -0.2) is 12.7 Å². The lowest BCUT2D eigenvalue weighted by atomic mass is 10.1. The molecule has 3 rings (SSSR count). The van der Waals surface area contributed by atoms with E-state index in [1.54, 1.807) is 13.8 Å². The number of rotatable bonds is 5. The van der Waals surface area contributed by atoms with E-state index in [1.165, 1.54) is 34.9 Å². The fourth-order valence-electron chi connectivity index (χ4n) is 3.36. The first kappa shape index (κ1) is 21.6. The lowest BCUT2D eigenvalue weighted by Gasteiger charge is -2.24. The number of carbonyl (C=O) groups is 3. The van der Waals surface area contributed by atoms with Gasteiger partial charge in [0.05, 0.1) is 11.4 Å². The number of thioether (sulfide) groups is 1. The van der Waals surface area contributed by atoms with Gasteiger partial charge in [0.25, 0.3) is 21.8 Å². The van der Waals surface area contributed by atoms with E-state index in [2.05, 4.69) is 5.32 Å². The first-order chi connectivity index (χ1) is 13.6. The zero-order valence-electron chi connectivity index (χ0n) is 16.8. The Bertz CT molecular complexity index is 961. The van der Waals surface area contributed by atoms with Crippen molar-refractivity contribution in [2.75, 3.05) is 11.6 Å². The lowest BCUT2D eigenvalue weighted by molar-refractivity contribution is -0.125. The molecule has 1 saturated heterocycles. The second-order valence-electron chi connectivity index (χ2n) is 7.52. The number of nitrogens with zero attached hydrogens (tertiary/aromatic N) is 2. The van der Waals surface area contributed by atoms with Crippen LogP contribution in [-0.2, 0) is 14.8 Å². The highest BCUT2D eigenvalue weighted by molar-refractivity contribution is 7.99. The van der Waals surface area contributed by atoms with Crippen LogP contribution in [0.1, 0.15) is 54.8 Å². The molecule has 2 atom stereocenters. The molecule has 29 heavy (non-hydrogen) atoms. The molecule has 2 aliphatic heterocycles. The minimum Gasteiger partial charge on any atom is -0.352 e. The van der Waals surface area contributed by atoms with E-state index < -0.39 is 33.9 Å². The Hall–Kier alpha value is -2.07. The van der Waals surface area contributed by atoms with Crippen LogP contribution in [0, 0.1) is 0 Å². The van der Waals surface area contributed by atoms with Gasteiger partial charge in [-0.2, -0.15) is 0 Å². The summed E-state index contributed by atoms with van der Waals surface area (Å²) in [5.74, 6) is -0.397. The van der Waals surface area contributed by atoms with E-state index in [-0.39, 0.29) is 28.0 Å². The standard InChI is InChI=1S/C19H25N3O5S2/c1-5-12(4)20-17(23)15-9-28-10-21(15)18(24)13-6-7-14-16(8-13)29(26,27)22(11(2)3)19(14)25/h6-8,11-12,15H,5,9-10H2,1-4H3,(H,20,23). The van der Waals surface area contributed by atoms with Gasteiger partial charge in [-0.15, -0.1) is 11.8 Å². The number of hydrogen-bond donors (Lipinski definition) is 1. The summed E-state index contributed by atoms with van der Waals surface area (Å²) in [6, 6.07) is 2.94. The van der Waals surface area contributed by atoms with Crippen LogP contribution < -0.4 is 5.32 Å². The minimum absolute atomic E-state index is 0.00298. The monoisotopic (exact) mass is 439 g/mol. The van der Waals surface area contributed by atoms with Gasteiger partial charge in [-0.1, -0.05) is 6.92 Å². The fraction of sp³-hybridized carbons (Fsp3) is 0.526. The average molecular weight is 440 g/mol. The number of carbonyl (C=O) groups excluding carboxylic acids is 3. The molecule has 0 spiro atoms. The van der Waals surface area contributed by atoms with Gasteiger partial charge in [-0.05, 0) is 45.4 Å².